The molecule has 1 aliphatic rings. The molecule has 0 N–H and O–H groups in total. The van der Waals surface area contributed by atoms with Crippen molar-refractivity contribution in [1.29, 1.82) is 0 Å². The van der Waals surface area contributed by atoms with Gasteiger partial charge in [-0.3, -0.25) is 14.9 Å². The minimum atomic E-state index is -0.756. The van der Waals surface area contributed by atoms with E-state index in [4.69, 9.17) is 9.47 Å². The van der Waals surface area contributed by atoms with Crippen LogP contribution >= 0.6 is 0 Å². The number of benzene rings is 1. The summed E-state index contributed by atoms with van der Waals surface area (Å²) in [6.07, 6.45) is 1.58. The molecule has 0 aliphatic carbocycles. The van der Waals surface area contributed by atoms with Gasteiger partial charge in [0.15, 0.2) is 6.61 Å². The topological polar surface area (TPSA) is 102 Å². The number of hydrogen-bond donors (Lipinski definition) is 0. The predicted octanol–water partition coefficient (Wildman–Crippen LogP) is 3.01. The second kappa shape index (κ2) is 10.9. The Kier molecular flexibility index (Phi) is 8.58. The van der Waals surface area contributed by atoms with Crippen molar-refractivity contribution in [2.45, 2.75) is 52.6 Å². The van der Waals surface area contributed by atoms with Gasteiger partial charge in [-0.05, 0) is 38.8 Å². The maximum atomic E-state index is 12.6. The Morgan fingerprint density at radius 2 is 1.80 bits per heavy atom. The number of hydrogen-bond acceptors (Lipinski definition) is 7. The zero-order valence-electron chi connectivity index (χ0n) is 18.1. The fourth-order valence-electron chi connectivity index (χ4n) is 3.47. The Bertz CT molecular complexity index is 753. The zero-order chi connectivity index (χ0) is 22.3. The highest BCUT2D eigenvalue weighted by atomic mass is 16.6. The molecule has 1 amide bonds. The van der Waals surface area contributed by atoms with Crippen LogP contribution in [-0.4, -0.2) is 66.7 Å². The number of esters is 1. The molecule has 1 saturated heterocycles. The molecule has 9 heteroatoms. The van der Waals surface area contributed by atoms with E-state index in [2.05, 4.69) is 0 Å². The average Bonchev–Trinajstić information content (AvgIpc) is 2.77. The SMILES string of the molecule is CC[C@@H](C)N(C(=O)COC(=O)c1ccc(N2CCOCC2)c([N+](=O)[O-])c1)[C@@H](C)CC. The first-order valence-electron chi connectivity index (χ1n) is 10.4. The van der Waals surface area contributed by atoms with Gasteiger partial charge in [-0.15, -0.1) is 0 Å². The molecule has 0 saturated carbocycles. The molecule has 1 fully saturated rings. The van der Waals surface area contributed by atoms with Crippen molar-refractivity contribution in [2.75, 3.05) is 37.8 Å². The monoisotopic (exact) mass is 421 g/mol. The van der Waals surface area contributed by atoms with Gasteiger partial charge in [0.2, 0.25) is 0 Å². The number of ether oxygens (including phenoxy) is 2. The van der Waals surface area contributed by atoms with Crippen LogP contribution in [-0.2, 0) is 14.3 Å². The molecule has 9 nitrogen and oxygen atoms in total. The first-order valence-corrected chi connectivity index (χ1v) is 10.4. The number of amides is 1. The lowest BCUT2D eigenvalue weighted by atomic mass is 10.1. The van der Waals surface area contributed by atoms with E-state index in [9.17, 15) is 19.7 Å². The van der Waals surface area contributed by atoms with Gasteiger partial charge >= 0.3 is 5.97 Å². The van der Waals surface area contributed by atoms with Gasteiger partial charge in [0.05, 0.1) is 23.7 Å². The van der Waals surface area contributed by atoms with Crippen molar-refractivity contribution in [3.8, 4) is 0 Å². The van der Waals surface area contributed by atoms with E-state index in [0.717, 1.165) is 12.8 Å². The van der Waals surface area contributed by atoms with Gasteiger partial charge in [-0.25, -0.2) is 4.79 Å². The molecule has 0 spiro atoms. The highest BCUT2D eigenvalue weighted by Gasteiger charge is 2.26. The van der Waals surface area contributed by atoms with Crippen LogP contribution in [0.1, 0.15) is 50.9 Å². The van der Waals surface area contributed by atoms with Crippen LogP contribution in [0.25, 0.3) is 0 Å². The van der Waals surface area contributed by atoms with Crippen molar-refractivity contribution >= 4 is 23.3 Å². The zero-order valence-corrected chi connectivity index (χ0v) is 18.1. The van der Waals surface area contributed by atoms with Crippen molar-refractivity contribution < 1.29 is 24.0 Å². The molecule has 1 aromatic rings. The minimum Gasteiger partial charge on any atom is -0.452 e. The van der Waals surface area contributed by atoms with Crippen LogP contribution in [0, 0.1) is 10.1 Å². The van der Waals surface area contributed by atoms with Crippen molar-refractivity contribution in [1.82, 2.24) is 4.90 Å². The molecular formula is C21H31N3O6. The lowest BCUT2D eigenvalue weighted by Gasteiger charge is -2.33. The third-order valence-corrected chi connectivity index (χ3v) is 5.51. The van der Waals surface area contributed by atoms with Gasteiger partial charge in [0.1, 0.15) is 5.69 Å². The standard InChI is InChI=1S/C21H31N3O6/c1-5-15(3)23(16(4)6-2)20(25)14-30-21(26)17-7-8-18(19(13-17)24(27)28)22-9-11-29-12-10-22/h7-8,13,15-16H,5-6,9-12,14H2,1-4H3/t15-,16+. The van der Waals surface area contributed by atoms with E-state index in [-0.39, 0.29) is 29.2 Å². The first kappa shape index (κ1) is 23.6. The van der Waals surface area contributed by atoms with Crippen molar-refractivity contribution in [2.24, 2.45) is 0 Å². The normalized spacial score (nSPS) is 15.9. The number of rotatable bonds is 9. The number of morpholine rings is 1. The van der Waals surface area contributed by atoms with Crippen molar-refractivity contribution in [3.05, 3.63) is 33.9 Å². The van der Waals surface area contributed by atoms with E-state index in [1.165, 1.54) is 12.1 Å². The molecule has 1 heterocycles. The van der Waals surface area contributed by atoms with E-state index in [1.807, 2.05) is 32.6 Å². The number of nitro groups is 1. The quantitative estimate of drug-likeness (QED) is 0.343. The summed E-state index contributed by atoms with van der Waals surface area (Å²) in [5, 5.41) is 11.5. The van der Waals surface area contributed by atoms with E-state index >= 15 is 0 Å². The van der Waals surface area contributed by atoms with Crippen LogP contribution in [0.5, 0.6) is 0 Å². The summed E-state index contributed by atoms with van der Waals surface area (Å²) in [4.78, 5) is 39.7. The van der Waals surface area contributed by atoms with Gasteiger partial charge < -0.3 is 19.3 Å². The Hall–Kier alpha value is -2.68. The summed E-state index contributed by atoms with van der Waals surface area (Å²) in [6.45, 7) is 9.58. The Morgan fingerprint density at radius 1 is 1.20 bits per heavy atom. The number of carbonyl (C=O) groups is 2. The molecule has 1 aromatic carbocycles. The molecule has 166 valence electrons. The van der Waals surface area contributed by atoms with Crippen LogP contribution in [0.2, 0.25) is 0 Å². The number of nitrogens with zero attached hydrogens (tertiary/aromatic N) is 3. The highest BCUT2D eigenvalue weighted by molar-refractivity contribution is 5.93. The maximum absolute atomic E-state index is 12.6. The Labute approximate surface area is 177 Å². The second-order valence-corrected chi connectivity index (χ2v) is 7.45. The Morgan fingerprint density at radius 3 is 2.33 bits per heavy atom. The predicted molar refractivity (Wildman–Crippen MR) is 113 cm³/mol. The number of anilines is 1. The van der Waals surface area contributed by atoms with Gasteiger partial charge in [0.25, 0.3) is 11.6 Å². The summed E-state index contributed by atoms with van der Waals surface area (Å²) in [7, 11) is 0. The number of nitro benzene ring substituents is 1. The second-order valence-electron chi connectivity index (χ2n) is 7.45. The van der Waals surface area contributed by atoms with Crippen LogP contribution in [0.4, 0.5) is 11.4 Å². The highest BCUT2D eigenvalue weighted by Crippen LogP contribution is 2.30. The summed E-state index contributed by atoms with van der Waals surface area (Å²) in [5.74, 6) is -1.03. The fourth-order valence-corrected chi connectivity index (χ4v) is 3.47. The maximum Gasteiger partial charge on any atom is 0.338 e. The van der Waals surface area contributed by atoms with Gasteiger partial charge in [0, 0.05) is 31.2 Å². The largest absolute Gasteiger partial charge is 0.452 e. The van der Waals surface area contributed by atoms with Gasteiger partial charge in [-0.1, -0.05) is 13.8 Å². The van der Waals surface area contributed by atoms with Crippen LogP contribution in [0.15, 0.2) is 18.2 Å². The molecule has 1 aliphatic heterocycles. The molecule has 0 aromatic heterocycles. The summed E-state index contributed by atoms with van der Waals surface area (Å²) < 4.78 is 10.5. The molecule has 0 radical (unpaired) electrons. The molecule has 0 unspecified atom stereocenters. The molecular weight excluding hydrogens is 390 g/mol. The molecule has 2 rings (SSSR count). The first-order chi connectivity index (χ1) is 14.3. The summed E-state index contributed by atoms with van der Waals surface area (Å²) in [6, 6.07) is 4.30. The summed E-state index contributed by atoms with van der Waals surface area (Å²) >= 11 is 0. The smallest absolute Gasteiger partial charge is 0.338 e. The molecule has 30 heavy (non-hydrogen) atoms. The lowest BCUT2D eigenvalue weighted by Crippen LogP contribution is -2.46. The number of carbonyl (C=O) groups excluding carboxylic acids is 2. The van der Waals surface area contributed by atoms with Gasteiger partial charge in [-0.2, -0.15) is 0 Å². The third-order valence-electron chi connectivity index (χ3n) is 5.51. The van der Waals surface area contributed by atoms with E-state index in [1.54, 1.807) is 11.0 Å². The average molecular weight is 421 g/mol. The van der Waals surface area contributed by atoms with E-state index in [0.29, 0.717) is 32.0 Å². The lowest BCUT2D eigenvalue weighted by molar-refractivity contribution is -0.384. The Balaban J connectivity index is 2.11. The minimum absolute atomic E-state index is 0.0278. The van der Waals surface area contributed by atoms with Crippen LogP contribution < -0.4 is 4.90 Å². The van der Waals surface area contributed by atoms with Crippen molar-refractivity contribution in [3.63, 3.8) is 0 Å². The molecule has 2 atom stereocenters. The molecule has 0 bridgehead atoms. The van der Waals surface area contributed by atoms with E-state index < -0.39 is 17.5 Å². The third kappa shape index (κ3) is 5.69. The van der Waals surface area contributed by atoms with Crippen LogP contribution in [0.3, 0.4) is 0 Å². The fraction of sp³-hybridized carbons (Fsp3) is 0.619. The summed E-state index contributed by atoms with van der Waals surface area (Å²) in [5.41, 5.74) is 0.319.